The largest absolute Gasteiger partial charge is 0.273 e. The smallest absolute Gasteiger partial charge is 0.266 e. The number of amides is 2. The first-order chi connectivity index (χ1) is 14.2. The van der Waals surface area contributed by atoms with Crippen LogP contribution in [0.5, 0.6) is 0 Å². The fourth-order valence-corrected chi connectivity index (χ4v) is 4.48. The molecule has 5 rings (SSSR count). The van der Waals surface area contributed by atoms with Gasteiger partial charge in [0.25, 0.3) is 5.91 Å². The van der Waals surface area contributed by atoms with Gasteiger partial charge >= 0.3 is 0 Å². The second-order valence-electron chi connectivity index (χ2n) is 7.61. The van der Waals surface area contributed by atoms with E-state index in [4.69, 9.17) is 4.84 Å². The van der Waals surface area contributed by atoms with Crippen LogP contribution in [0, 0.1) is 5.92 Å². The molecule has 2 saturated heterocycles. The van der Waals surface area contributed by atoms with E-state index >= 15 is 0 Å². The van der Waals surface area contributed by atoms with E-state index in [2.05, 4.69) is 6.92 Å². The summed E-state index contributed by atoms with van der Waals surface area (Å²) in [6.07, 6.45) is 0.907. The first kappa shape index (κ1) is 17.9. The summed E-state index contributed by atoms with van der Waals surface area (Å²) in [7, 11) is 0. The summed E-state index contributed by atoms with van der Waals surface area (Å²) in [4.78, 5) is 34.0. The molecule has 5 nitrogen and oxygen atoms in total. The lowest BCUT2D eigenvalue weighted by Crippen LogP contribution is -2.40. The van der Waals surface area contributed by atoms with Crippen molar-refractivity contribution in [2.45, 2.75) is 31.9 Å². The average molecular weight is 386 g/mol. The highest BCUT2D eigenvalue weighted by molar-refractivity contribution is 6.24. The highest BCUT2D eigenvalue weighted by Gasteiger charge is 2.59. The second kappa shape index (κ2) is 7.01. The van der Waals surface area contributed by atoms with E-state index in [-0.39, 0.29) is 17.9 Å². The summed E-state index contributed by atoms with van der Waals surface area (Å²) in [5.74, 6) is -0.948. The van der Waals surface area contributed by atoms with E-state index in [0.29, 0.717) is 5.69 Å². The maximum Gasteiger partial charge on any atom is 0.266 e. The van der Waals surface area contributed by atoms with Gasteiger partial charge in [0, 0.05) is 0 Å². The third kappa shape index (κ3) is 2.81. The minimum atomic E-state index is -0.772. The molecule has 2 fully saturated rings. The number of imide groups is 1. The molecule has 2 aliphatic heterocycles. The van der Waals surface area contributed by atoms with Crippen molar-refractivity contribution in [1.82, 2.24) is 0 Å². The zero-order valence-corrected chi connectivity index (χ0v) is 16.2. The first-order valence-electron chi connectivity index (χ1n) is 10.1. The van der Waals surface area contributed by atoms with Gasteiger partial charge < -0.3 is 0 Å². The van der Waals surface area contributed by atoms with Gasteiger partial charge in [0.1, 0.15) is 0 Å². The molecule has 0 spiro atoms. The number of para-hydroxylation sites is 1. The van der Waals surface area contributed by atoms with Crippen LogP contribution >= 0.6 is 0 Å². The van der Waals surface area contributed by atoms with Crippen LogP contribution in [0.25, 0.3) is 10.8 Å². The van der Waals surface area contributed by atoms with Crippen LogP contribution in [-0.4, -0.2) is 24.0 Å². The number of nitrogens with zero attached hydrogens (tertiary/aromatic N) is 2. The number of carbonyl (C=O) groups is 2. The Hall–Kier alpha value is -3.18. The monoisotopic (exact) mass is 386 g/mol. The third-order valence-corrected chi connectivity index (χ3v) is 5.82. The van der Waals surface area contributed by atoms with Gasteiger partial charge in [-0.3, -0.25) is 14.4 Å². The quantitative estimate of drug-likeness (QED) is 0.627. The predicted octanol–water partition coefficient (Wildman–Crippen LogP) is 4.32. The molecule has 29 heavy (non-hydrogen) atoms. The van der Waals surface area contributed by atoms with E-state index in [9.17, 15) is 9.59 Å². The minimum absolute atomic E-state index is 0.158. The van der Waals surface area contributed by atoms with Gasteiger partial charge in [-0.25, -0.2) is 9.96 Å². The Balaban J connectivity index is 1.51. The molecule has 146 valence electrons. The zero-order valence-electron chi connectivity index (χ0n) is 16.2. The number of benzene rings is 3. The Bertz CT molecular complexity index is 1080. The molecular formula is C24H22N2O3. The Morgan fingerprint density at radius 1 is 0.828 bits per heavy atom. The standard InChI is InChI=1S/C24H22N2O3/c1-2-8-20-21-22(29-26(20)18-11-4-3-5-12-18)24(28)25(23(21)27)19-14-13-16-9-6-7-10-17(16)15-19/h3-7,9-15,20-22H,2,8H2,1H3/t20-,21+,22+/m0/s1. The number of carbonyl (C=O) groups excluding carboxylic acids is 2. The van der Waals surface area contributed by atoms with Crippen molar-refractivity contribution >= 4 is 34.0 Å². The molecule has 0 unspecified atom stereocenters. The van der Waals surface area contributed by atoms with Crippen molar-refractivity contribution in [3.8, 4) is 0 Å². The van der Waals surface area contributed by atoms with Crippen LogP contribution in [0.15, 0.2) is 72.8 Å². The maximum atomic E-state index is 13.4. The van der Waals surface area contributed by atoms with Gasteiger partial charge in [-0.2, -0.15) is 0 Å². The molecule has 0 N–H and O–H groups in total. The summed E-state index contributed by atoms with van der Waals surface area (Å²) in [6.45, 7) is 2.08. The molecule has 2 heterocycles. The molecule has 0 aliphatic carbocycles. The minimum Gasteiger partial charge on any atom is -0.273 e. The summed E-state index contributed by atoms with van der Waals surface area (Å²) in [5.41, 5.74) is 1.48. The van der Waals surface area contributed by atoms with Gasteiger partial charge in [-0.1, -0.05) is 61.9 Å². The molecule has 5 heteroatoms. The summed E-state index contributed by atoms with van der Waals surface area (Å²) in [5, 5.41) is 3.84. The van der Waals surface area contributed by atoms with E-state index in [0.717, 1.165) is 29.3 Å². The highest BCUT2D eigenvalue weighted by atomic mass is 16.7. The topological polar surface area (TPSA) is 49.9 Å². The SMILES string of the molecule is CCC[C@H]1[C@H]2C(=O)N(c3ccc4ccccc4c3)C(=O)[C@@H]2ON1c1ccccc1. The molecule has 3 aromatic carbocycles. The zero-order chi connectivity index (χ0) is 20.0. The van der Waals surface area contributed by atoms with Gasteiger partial charge in [0.15, 0.2) is 6.10 Å². The molecule has 2 aliphatic rings. The fraction of sp³-hybridized carbons (Fsp3) is 0.250. The molecule has 0 saturated carbocycles. The maximum absolute atomic E-state index is 13.4. The van der Waals surface area contributed by atoms with E-state index in [1.54, 1.807) is 5.06 Å². The van der Waals surface area contributed by atoms with Crippen LogP contribution in [0.4, 0.5) is 11.4 Å². The Morgan fingerprint density at radius 2 is 1.55 bits per heavy atom. The first-order valence-corrected chi connectivity index (χ1v) is 10.1. The van der Waals surface area contributed by atoms with E-state index in [1.165, 1.54) is 4.90 Å². The Kier molecular flexibility index (Phi) is 4.32. The van der Waals surface area contributed by atoms with Crippen molar-refractivity contribution in [2.75, 3.05) is 9.96 Å². The van der Waals surface area contributed by atoms with Crippen molar-refractivity contribution in [1.29, 1.82) is 0 Å². The number of anilines is 2. The lowest BCUT2D eigenvalue weighted by molar-refractivity contribution is -0.126. The van der Waals surface area contributed by atoms with Crippen LogP contribution < -0.4 is 9.96 Å². The highest BCUT2D eigenvalue weighted by Crippen LogP contribution is 2.42. The summed E-state index contributed by atoms with van der Waals surface area (Å²) >= 11 is 0. The van der Waals surface area contributed by atoms with Crippen molar-refractivity contribution < 1.29 is 14.4 Å². The van der Waals surface area contributed by atoms with Crippen LogP contribution in [0.3, 0.4) is 0 Å². The van der Waals surface area contributed by atoms with E-state index in [1.807, 2.05) is 72.8 Å². The molecule has 0 aromatic heterocycles. The Labute approximate surface area is 169 Å². The Morgan fingerprint density at radius 3 is 2.31 bits per heavy atom. The third-order valence-electron chi connectivity index (χ3n) is 5.82. The van der Waals surface area contributed by atoms with Gasteiger partial charge in [0.05, 0.1) is 23.3 Å². The molecule has 0 bridgehead atoms. The number of rotatable bonds is 4. The van der Waals surface area contributed by atoms with Gasteiger partial charge in [0.2, 0.25) is 5.91 Å². The average Bonchev–Trinajstić information content (AvgIpc) is 3.24. The molecule has 3 aromatic rings. The lowest BCUT2D eigenvalue weighted by Gasteiger charge is -2.28. The lowest BCUT2D eigenvalue weighted by atomic mass is 9.93. The molecule has 2 amide bonds. The molecule has 0 radical (unpaired) electrons. The summed E-state index contributed by atoms with van der Waals surface area (Å²) in [6, 6.07) is 23.1. The van der Waals surface area contributed by atoms with Gasteiger partial charge in [-0.05, 0) is 41.5 Å². The predicted molar refractivity (Wildman–Crippen MR) is 112 cm³/mol. The van der Waals surface area contributed by atoms with Gasteiger partial charge in [-0.15, -0.1) is 0 Å². The van der Waals surface area contributed by atoms with Crippen LogP contribution in [0.1, 0.15) is 19.8 Å². The number of hydrogen-bond donors (Lipinski definition) is 0. The number of fused-ring (bicyclic) bond motifs is 2. The summed E-state index contributed by atoms with van der Waals surface area (Å²) < 4.78 is 0. The normalized spacial score (nSPS) is 23.8. The molecule has 3 atom stereocenters. The van der Waals surface area contributed by atoms with Crippen LogP contribution in [0.2, 0.25) is 0 Å². The molecular weight excluding hydrogens is 364 g/mol. The second-order valence-corrected chi connectivity index (χ2v) is 7.61. The van der Waals surface area contributed by atoms with Crippen molar-refractivity contribution in [3.05, 3.63) is 72.8 Å². The van der Waals surface area contributed by atoms with Crippen molar-refractivity contribution in [3.63, 3.8) is 0 Å². The fourth-order valence-electron chi connectivity index (χ4n) is 4.48. The number of hydrogen-bond acceptors (Lipinski definition) is 4. The van der Waals surface area contributed by atoms with Crippen molar-refractivity contribution in [2.24, 2.45) is 5.92 Å². The van der Waals surface area contributed by atoms with E-state index < -0.39 is 12.0 Å². The van der Waals surface area contributed by atoms with Crippen LogP contribution in [-0.2, 0) is 14.4 Å². The number of hydroxylamine groups is 1.